The summed E-state index contributed by atoms with van der Waals surface area (Å²) in [5.41, 5.74) is 1.67. The second-order valence-electron chi connectivity index (χ2n) is 6.46. The van der Waals surface area contributed by atoms with Gasteiger partial charge in [-0.25, -0.2) is 4.79 Å². The third-order valence-electron chi connectivity index (χ3n) is 4.34. The molecule has 1 aromatic rings. The van der Waals surface area contributed by atoms with Crippen molar-refractivity contribution in [2.24, 2.45) is 5.92 Å². The van der Waals surface area contributed by atoms with Crippen LogP contribution >= 0.6 is 11.3 Å². The van der Waals surface area contributed by atoms with Crippen LogP contribution in [0, 0.1) is 5.92 Å². The number of rotatable bonds is 8. The first-order valence-electron chi connectivity index (χ1n) is 8.99. The van der Waals surface area contributed by atoms with Crippen molar-refractivity contribution in [1.29, 1.82) is 0 Å². The average molecular weight is 354 g/mol. The van der Waals surface area contributed by atoms with Crippen molar-refractivity contribution in [3.8, 4) is 0 Å². The molecule has 0 saturated carbocycles. The number of carbonyl (C=O) groups excluding carboxylic acids is 2. The summed E-state index contributed by atoms with van der Waals surface area (Å²) in [5.74, 6) is 0.259. The van der Waals surface area contributed by atoms with Crippen LogP contribution in [0.1, 0.15) is 60.8 Å². The number of unbranched alkanes of at least 4 members (excludes halogenated alkanes) is 1. The Hall–Kier alpha value is -1.40. The molecule has 134 valence electrons. The summed E-state index contributed by atoms with van der Waals surface area (Å²) in [6.07, 6.45) is 5.17. The highest BCUT2D eigenvalue weighted by atomic mass is 32.1. The van der Waals surface area contributed by atoms with E-state index in [4.69, 9.17) is 4.74 Å². The maximum atomic E-state index is 12.4. The Labute approximate surface area is 148 Å². The van der Waals surface area contributed by atoms with Gasteiger partial charge in [-0.05, 0) is 44.1 Å². The van der Waals surface area contributed by atoms with Gasteiger partial charge in [-0.3, -0.25) is 4.79 Å². The molecule has 1 unspecified atom stereocenters. The minimum atomic E-state index is -0.310. The molecule has 0 spiro atoms. The van der Waals surface area contributed by atoms with Gasteiger partial charge in [-0.15, -0.1) is 11.3 Å². The van der Waals surface area contributed by atoms with Crippen LogP contribution in [0.3, 0.4) is 0 Å². The molecule has 1 aromatic heterocycles. The third-order valence-corrected chi connectivity index (χ3v) is 5.51. The van der Waals surface area contributed by atoms with Gasteiger partial charge in [-0.1, -0.05) is 20.3 Å². The second kappa shape index (κ2) is 9.18. The van der Waals surface area contributed by atoms with E-state index in [2.05, 4.69) is 19.2 Å². The van der Waals surface area contributed by atoms with Crippen LogP contribution in [0.5, 0.6) is 0 Å². The highest BCUT2D eigenvalue weighted by Crippen LogP contribution is 2.40. The monoisotopic (exact) mass is 353 g/mol. The van der Waals surface area contributed by atoms with Crippen molar-refractivity contribution in [3.05, 3.63) is 16.0 Å². The van der Waals surface area contributed by atoms with Crippen LogP contribution in [0.4, 0.5) is 5.00 Å². The molecule has 1 aliphatic rings. The Balaban J connectivity index is 2.13. The summed E-state index contributed by atoms with van der Waals surface area (Å²) < 4.78 is 5.22. The fourth-order valence-electron chi connectivity index (χ4n) is 3.02. The number of nitrogens with one attached hydrogen (secondary N) is 1. The lowest BCUT2D eigenvalue weighted by molar-refractivity contribution is -0.643. The topological polar surface area (TPSA) is 72.0 Å². The molecule has 3 N–H and O–H groups in total. The van der Waals surface area contributed by atoms with E-state index in [1.165, 1.54) is 4.88 Å². The summed E-state index contributed by atoms with van der Waals surface area (Å²) in [6.45, 7) is 7.86. The predicted octanol–water partition coefficient (Wildman–Crippen LogP) is 2.35. The van der Waals surface area contributed by atoms with Crippen LogP contribution < -0.4 is 10.6 Å². The number of anilines is 1. The Kier molecular flexibility index (Phi) is 7.24. The molecule has 0 radical (unpaired) electrons. The highest BCUT2D eigenvalue weighted by Gasteiger charge is 2.29. The lowest BCUT2D eigenvalue weighted by Gasteiger charge is -2.18. The maximum Gasteiger partial charge on any atom is 0.341 e. The second-order valence-corrected chi connectivity index (χ2v) is 7.56. The zero-order chi connectivity index (χ0) is 17.5. The number of hydrogen-bond acceptors (Lipinski definition) is 4. The number of carbonyl (C=O) groups is 2. The quantitative estimate of drug-likeness (QED) is 0.557. The van der Waals surface area contributed by atoms with Crippen molar-refractivity contribution < 1.29 is 19.6 Å². The van der Waals surface area contributed by atoms with E-state index in [1.54, 1.807) is 18.3 Å². The molecular weight excluding hydrogens is 324 g/mol. The molecule has 6 heteroatoms. The molecule has 0 fully saturated rings. The zero-order valence-electron chi connectivity index (χ0n) is 14.9. The molecule has 1 amide bonds. The van der Waals surface area contributed by atoms with Gasteiger partial charge in [0.1, 0.15) is 5.00 Å². The largest absolute Gasteiger partial charge is 0.462 e. The summed E-state index contributed by atoms with van der Waals surface area (Å²) in [5, 5.41) is 5.63. The number of nitrogens with two attached hydrogens (primary N) is 1. The summed E-state index contributed by atoms with van der Waals surface area (Å²) in [7, 11) is 0. The highest BCUT2D eigenvalue weighted by molar-refractivity contribution is 7.17. The van der Waals surface area contributed by atoms with Gasteiger partial charge in [0, 0.05) is 4.88 Å². The first-order chi connectivity index (χ1) is 11.6. The minimum Gasteiger partial charge on any atom is -0.462 e. The maximum absolute atomic E-state index is 12.4. The third kappa shape index (κ3) is 4.80. The molecule has 0 bridgehead atoms. The Morgan fingerprint density at radius 1 is 1.38 bits per heavy atom. The lowest BCUT2D eigenvalue weighted by atomic mass is 9.88. The van der Waals surface area contributed by atoms with Gasteiger partial charge >= 0.3 is 5.97 Å². The number of amides is 1. The number of fused-ring (bicyclic) bond motifs is 1. The number of ether oxygens (including phenoxy) is 1. The predicted molar refractivity (Wildman–Crippen MR) is 96.7 cm³/mol. The van der Waals surface area contributed by atoms with Gasteiger partial charge in [0.2, 0.25) is 0 Å². The van der Waals surface area contributed by atoms with E-state index in [1.807, 2.05) is 5.32 Å². The normalized spacial score (nSPS) is 16.5. The van der Waals surface area contributed by atoms with Gasteiger partial charge in [0.05, 0.1) is 18.7 Å². The van der Waals surface area contributed by atoms with E-state index >= 15 is 0 Å². The smallest absolute Gasteiger partial charge is 0.341 e. The number of hydrogen-bond donors (Lipinski definition) is 2. The van der Waals surface area contributed by atoms with Crippen molar-refractivity contribution in [2.75, 3.05) is 25.0 Å². The molecular formula is C18H29N2O3S+. The first kappa shape index (κ1) is 18.9. The standard InChI is InChI=1S/C18H28N2O3S/c1-4-6-9-19-11-15(21)20-17-16(18(22)23-5-2)13-8-7-12(3)10-14(13)24-17/h12,19H,4-11H2,1-3H3,(H,20,21)/p+1. The van der Waals surface area contributed by atoms with Crippen LogP contribution in [0.25, 0.3) is 0 Å². The van der Waals surface area contributed by atoms with Gasteiger partial charge in [0.15, 0.2) is 6.54 Å². The van der Waals surface area contributed by atoms with Crippen LogP contribution in [0.15, 0.2) is 0 Å². The van der Waals surface area contributed by atoms with Crippen molar-refractivity contribution >= 4 is 28.2 Å². The molecule has 5 nitrogen and oxygen atoms in total. The fraction of sp³-hybridized carbons (Fsp3) is 0.667. The Morgan fingerprint density at radius 3 is 2.88 bits per heavy atom. The molecule has 0 aromatic carbocycles. The van der Waals surface area contributed by atoms with E-state index in [-0.39, 0.29) is 11.9 Å². The van der Waals surface area contributed by atoms with E-state index in [0.29, 0.717) is 29.6 Å². The molecule has 24 heavy (non-hydrogen) atoms. The zero-order valence-corrected chi connectivity index (χ0v) is 15.8. The van der Waals surface area contributed by atoms with Gasteiger partial charge in [0.25, 0.3) is 5.91 Å². The van der Waals surface area contributed by atoms with E-state index in [0.717, 1.165) is 44.2 Å². The number of quaternary nitrogens is 1. The molecule has 0 saturated heterocycles. The lowest BCUT2D eigenvalue weighted by Crippen LogP contribution is -2.86. The molecule has 1 heterocycles. The van der Waals surface area contributed by atoms with E-state index < -0.39 is 0 Å². The van der Waals surface area contributed by atoms with Crippen LogP contribution in [-0.2, 0) is 22.4 Å². The summed E-state index contributed by atoms with van der Waals surface area (Å²) in [4.78, 5) is 25.8. The first-order valence-corrected chi connectivity index (χ1v) is 9.81. The fourth-order valence-corrected chi connectivity index (χ4v) is 4.43. The number of esters is 1. The van der Waals surface area contributed by atoms with Gasteiger partial charge < -0.3 is 15.4 Å². The SMILES string of the molecule is CCCC[NH2+]CC(=O)Nc1sc2c(c1C(=O)OCC)CCC(C)C2. The Bertz CT molecular complexity index is 583. The summed E-state index contributed by atoms with van der Waals surface area (Å²) in [6, 6.07) is 0. The van der Waals surface area contributed by atoms with Crippen molar-refractivity contribution in [2.45, 2.75) is 52.9 Å². The average Bonchev–Trinajstić information content (AvgIpc) is 2.88. The van der Waals surface area contributed by atoms with Crippen molar-refractivity contribution in [1.82, 2.24) is 0 Å². The Morgan fingerprint density at radius 2 is 2.17 bits per heavy atom. The van der Waals surface area contributed by atoms with E-state index in [9.17, 15) is 9.59 Å². The molecule has 2 rings (SSSR count). The van der Waals surface area contributed by atoms with Crippen LogP contribution in [-0.4, -0.2) is 31.6 Å². The minimum absolute atomic E-state index is 0.0525. The summed E-state index contributed by atoms with van der Waals surface area (Å²) >= 11 is 1.55. The number of thiophene rings is 1. The molecule has 1 aliphatic carbocycles. The van der Waals surface area contributed by atoms with Gasteiger partial charge in [-0.2, -0.15) is 0 Å². The van der Waals surface area contributed by atoms with Crippen molar-refractivity contribution in [3.63, 3.8) is 0 Å². The molecule has 0 aliphatic heterocycles. The van der Waals surface area contributed by atoms with Crippen LogP contribution in [0.2, 0.25) is 0 Å². The molecule has 1 atom stereocenters.